The molecule has 0 aliphatic rings. The molecule has 0 radical (unpaired) electrons. The minimum atomic E-state index is -0.463. The van der Waals surface area contributed by atoms with E-state index in [1.54, 1.807) is 28.7 Å². The van der Waals surface area contributed by atoms with Crippen LogP contribution in [0.15, 0.2) is 36.9 Å². The molecule has 3 heterocycles. The maximum Gasteiger partial charge on any atom is 0.332 e. The monoisotopic (exact) mass is 385 g/mol. The summed E-state index contributed by atoms with van der Waals surface area (Å²) < 4.78 is 3.55. The molecule has 0 aliphatic carbocycles. The number of nitro groups is 1. The quantitative estimate of drug-likeness (QED) is 0.423. The van der Waals surface area contributed by atoms with Gasteiger partial charge in [-0.15, -0.1) is 0 Å². The fourth-order valence-electron chi connectivity index (χ4n) is 2.87. The molecule has 0 saturated carbocycles. The summed E-state index contributed by atoms with van der Waals surface area (Å²) in [6.45, 7) is 6.65. The predicted molar refractivity (Wildman–Crippen MR) is 104 cm³/mol. The fraction of sp³-hybridized carbons (Fsp3) is 0.412. The Morgan fingerprint density at radius 1 is 1.04 bits per heavy atom. The Morgan fingerprint density at radius 3 is 2.11 bits per heavy atom. The molecule has 3 aromatic rings. The summed E-state index contributed by atoms with van der Waals surface area (Å²) in [6.07, 6.45) is 7.10. The first-order valence-electron chi connectivity index (χ1n) is 8.93. The van der Waals surface area contributed by atoms with E-state index in [1.165, 1.54) is 0 Å². The molecule has 11 nitrogen and oxygen atoms in total. The number of rotatable bonds is 9. The summed E-state index contributed by atoms with van der Waals surface area (Å²) in [7, 11) is 0. The van der Waals surface area contributed by atoms with E-state index in [0.29, 0.717) is 24.7 Å². The van der Waals surface area contributed by atoms with Gasteiger partial charge in [0, 0.05) is 36.9 Å². The normalized spacial score (nSPS) is 13.1. The molecule has 2 unspecified atom stereocenters. The molecule has 0 saturated heterocycles. The van der Waals surface area contributed by atoms with Gasteiger partial charge in [0.25, 0.3) is 0 Å². The molecular weight excluding hydrogens is 362 g/mol. The maximum absolute atomic E-state index is 11.5. The zero-order valence-electron chi connectivity index (χ0n) is 16.0. The first-order chi connectivity index (χ1) is 13.4. The Morgan fingerprint density at radius 2 is 1.61 bits per heavy atom. The third kappa shape index (κ3) is 4.81. The molecule has 0 spiro atoms. The Bertz CT molecular complexity index is 909. The number of hydrogen-bond donors (Lipinski definition) is 2. The molecule has 148 valence electrons. The highest BCUT2D eigenvalue weighted by Crippen LogP contribution is 2.27. The van der Waals surface area contributed by atoms with E-state index in [0.717, 1.165) is 0 Å². The Balaban J connectivity index is 1.77. The van der Waals surface area contributed by atoms with Gasteiger partial charge in [0.1, 0.15) is 5.69 Å². The van der Waals surface area contributed by atoms with E-state index >= 15 is 0 Å². The average Bonchev–Trinajstić information content (AvgIpc) is 3.27. The number of aromatic nitrogens is 6. The van der Waals surface area contributed by atoms with Gasteiger partial charge in [-0.2, -0.15) is 15.2 Å². The van der Waals surface area contributed by atoms with E-state index in [4.69, 9.17) is 0 Å². The van der Waals surface area contributed by atoms with Crippen LogP contribution in [0.3, 0.4) is 0 Å². The molecule has 28 heavy (non-hydrogen) atoms. The number of aryl methyl sites for hydroxylation is 1. The van der Waals surface area contributed by atoms with E-state index in [9.17, 15) is 10.1 Å². The van der Waals surface area contributed by atoms with Crippen molar-refractivity contribution in [1.82, 2.24) is 29.5 Å². The van der Waals surface area contributed by atoms with E-state index in [1.807, 2.05) is 38.4 Å². The van der Waals surface area contributed by atoms with Gasteiger partial charge in [-0.25, -0.2) is 4.98 Å². The summed E-state index contributed by atoms with van der Waals surface area (Å²) in [4.78, 5) is 19.7. The standard InChI is InChI=1S/C17H23N9O2/c1-12(10-24-8-4-6-18-24)20-16-15(26(27)28)14(3)22-17(23-16)21-13(2)11-25-9-5-7-19-25/h4-9,12-13H,10-11H2,1-3H3,(H2,20,21,22,23). The summed E-state index contributed by atoms with van der Waals surface area (Å²) in [5, 5.41) is 26.2. The third-order valence-electron chi connectivity index (χ3n) is 4.04. The number of anilines is 2. The van der Waals surface area contributed by atoms with Gasteiger partial charge in [0.15, 0.2) is 0 Å². The van der Waals surface area contributed by atoms with Crippen LogP contribution in [0.25, 0.3) is 0 Å². The molecule has 0 amide bonds. The van der Waals surface area contributed by atoms with Crippen molar-refractivity contribution in [3.63, 3.8) is 0 Å². The zero-order valence-corrected chi connectivity index (χ0v) is 16.0. The molecule has 3 rings (SSSR count). The van der Waals surface area contributed by atoms with Gasteiger partial charge >= 0.3 is 5.69 Å². The van der Waals surface area contributed by atoms with Crippen molar-refractivity contribution in [2.75, 3.05) is 10.6 Å². The van der Waals surface area contributed by atoms with Crippen molar-refractivity contribution in [3.8, 4) is 0 Å². The van der Waals surface area contributed by atoms with Crippen LogP contribution >= 0.6 is 0 Å². The molecule has 11 heteroatoms. The molecule has 2 N–H and O–H groups in total. The van der Waals surface area contributed by atoms with Crippen LogP contribution in [0.5, 0.6) is 0 Å². The van der Waals surface area contributed by atoms with Gasteiger partial charge in [-0.3, -0.25) is 19.5 Å². The summed E-state index contributed by atoms with van der Waals surface area (Å²) in [5.74, 6) is 0.516. The summed E-state index contributed by atoms with van der Waals surface area (Å²) >= 11 is 0. The van der Waals surface area contributed by atoms with Crippen molar-refractivity contribution in [3.05, 3.63) is 52.7 Å². The lowest BCUT2D eigenvalue weighted by Gasteiger charge is -2.18. The molecule has 0 aliphatic heterocycles. The van der Waals surface area contributed by atoms with E-state index in [-0.39, 0.29) is 23.6 Å². The molecule has 2 atom stereocenters. The zero-order chi connectivity index (χ0) is 20.1. The lowest BCUT2D eigenvalue weighted by molar-refractivity contribution is -0.385. The SMILES string of the molecule is Cc1nc(NC(C)Cn2cccn2)nc(NC(C)Cn2cccn2)c1[N+](=O)[O-]. The average molecular weight is 385 g/mol. The van der Waals surface area contributed by atoms with Crippen molar-refractivity contribution in [1.29, 1.82) is 0 Å². The summed E-state index contributed by atoms with van der Waals surface area (Å²) in [6, 6.07) is 3.53. The van der Waals surface area contributed by atoms with E-state index < -0.39 is 4.92 Å². The Hall–Kier alpha value is -3.50. The third-order valence-corrected chi connectivity index (χ3v) is 4.04. The lowest BCUT2D eigenvalue weighted by atomic mass is 10.3. The van der Waals surface area contributed by atoms with Gasteiger partial charge < -0.3 is 10.6 Å². The highest BCUT2D eigenvalue weighted by molar-refractivity contribution is 5.61. The summed E-state index contributed by atoms with van der Waals surface area (Å²) in [5.41, 5.74) is 0.167. The predicted octanol–water partition coefficient (Wildman–Crippen LogP) is 2.09. The van der Waals surface area contributed by atoms with Crippen LogP contribution in [0.1, 0.15) is 19.5 Å². The van der Waals surface area contributed by atoms with Crippen LogP contribution in [-0.4, -0.2) is 46.5 Å². The Labute approximate surface area is 162 Å². The number of nitrogens with one attached hydrogen (secondary N) is 2. The second kappa shape index (κ2) is 8.46. The minimum absolute atomic E-state index is 0.0184. The van der Waals surface area contributed by atoms with Crippen molar-refractivity contribution >= 4 is 17.5 Å². The van der Waals surface area contributed by atoms with Crippen LogP contribution in [0.2, 0.25) is 0 Å². The largest absolute Gasteiger partial charge is 0.360 e. The molecule has 0 aromatic carbocycles. The van der Waals surface area contributed by atoms with E-state index in [2.05, 4.69) is 30.8 Å². The van der Waals surface area contributed by atoms with Gasteiger partial charge in [0.2, 0.25) is 11.8 Å². The molecule has 0 fully saturated rings. The maximum atomic E-state index is 11.5. The second-order valence-electron chi connectivity index (χ2n) is 6.63. The lowest BCUT2D eigenvalue weighted by Crippen LogP contribution is -2.26. The number of nitrogens with zero attached hydrogens (tertiary/aromatic N) is 7. The second-order valence-corrected chi connectivity index (χ2v) is 6.63. The van der Waals surface area contributed by atoms with Gasteiger partial charge in [0.05, 0.1) is 18.0 Å². The highest BCUT2D eigenvalue weighted by atomic mass is 16.6. The topological polar surface area (TPSA) is 129 Å². The molecule has 0 bridgehead atoms. The molecule has 3 aromatic heterocycles. The molecular formula is C17H23N9O2. The van der Waals surface area contributed by atoms with Gasteiger partial charge in [-0.1, -0.05) is 0 Å². The highest BCUT2D eigenvalue weighted by Gasteiger charge is 2.24. The van der Waals surface area contributed by atoms with Crippen molar-refractivity contribution in [2.24, 2.45) is 0 Å². The first-order valence-corrected chi connectivity index (χ1v) is 8.93. The smallest absolute Gasteiger partial charge is 0.332 e. The van der Waals surface area contributed by atoms with Crippen LogP contribution < -0.4 is 10.6 Å². The van der Waals surface area contributed by atoms with Crippen LogP contribution in [0, 0.1) is 17.0 Å². The Kier molecular flexibility index (Phi) is 5.82. The van der Waals surface area contributed by atoms with Crippen LogP contribution in [-0.2, 0) is 13.1 Å². The fourth-order valence-corrected chi connectivity index (χ4v) is 2.87. The van der Waals surface area contributed by atoms with Gasteiger partial charge in [-0.05, 0) is 32.9 Å². The first kappa shape index (κ1) is 19.3. The number of hydrogen-bond acceptors (Lipinski definition) is 8. The van der Waals surface area contributed by atoms with Crippen molar-refractivity contribution < 1.29 is 4.92 Å². The minimum Gasteiger partial charge on any atom is -0.360 e. The van der Waals surface area contributed by atoms with Crippen LogP contribution in [0.4, 0.5) is 17.5 Å². The van der Waals surface area contributed by atoms with Crippen molar-refractivity contribution in [2.45, 2.75) is 45.9 Å².